The first-order chi connectivity index (χ1) is 10.6. The quantitative estimate of drug-likeness (QED) is 0.784. The number of hydrogen-bond acceptors (Lipinski definition) is 3. The molecule has 0 heterocycles. The lowest BCUT2D eigenvalue weighted by atomic mass is 10.2. The molecule has 1 N–H and O–H groups in total. The van der Waals surface area contributed by atoms with Gasteiger partial charge < -0.3 is 14.8 Å². The highest BCUT2D eigenvalue weighted by Crippen LogP contribution is 2.29. The molecule has 0 aliphatic rings. The van der Waals surface area contributed by atoms with Crippen LogP contribution in [0.3, 0.4) is 0 Å². The van der Waals surface area contributed by atoms with E-state index in [-0.39, 0.29) is 11.5 Å². The molecule has 0 atom stereocenters. The fraction of sp³-hybridized carbons (Fsp3) is 0.250. The number of hydrogen-bond donors (Lipinski definition) is 1. The zero-order valence-corrected chi connectivity index (χ0v) is 13.6. The van der Waals surface area contributed by atoms with Crippen LogP contribution in [0.2, 0.25) is 0 Å². The Morgan fingerprint density at radius 2 is 1.64 bits per heavy atom. The Hall–Kier alpha value is -1.66. The molecule has 0 aliphatic carbocycles. The van der Waals surface area contributed by atoms with Crippen LogP contribution >= 0.6 is 15.9 Å². The molecule has 2 aromatic rings. The van der Waals surface area contributed by atoms with E-state index in [0.717, 1.165) is 15.6 Å². The largest absolute Gasteiger partial charge is 0.493 e. The van der Waals surface area contributed by atoms with Gasteiger partial charge in [0, 0.05) is 17.6 Å². The van der Waals surface area contributed by atoms with Crippen molar-refractivity contribution in [2.24, 2.45) is 0 Å². The zero-order valence-electron chi connectivity index (χ0n) is 12.0. The summed E-state index contributed by atoms with van der Waals surface area (Å²) >= 11 is 3.38. The van der Waals surface area contributed by atoms with Crippen LogP contribution in [0.25, 0.3) is 0 Å². The summed E-state index contributed by atoms with van der Waals surface area (Å²) in [6, 6.07) is 12.9. The topological polar surface area (TPSA) is 30.5 Å². The summed E-state index contributed by atoms with van der Waals surface area (Å²) in [5.41, 5.74) is 1.98. The highest BCUT2D eigenvalue weighted by Gasteiger charge is 2.11. The second kappa shape index (κ2) is 8.10. The van der Waals surface area contributed by atoms with Crippen molar-refractivity contribution in [1.29, 1.82) is 0 Å². The van der Waals surface area contributed by atoms with E-state index in [2.05, 4.69) is 26.0 Å². The van der Waals surface area contributed by atoms with Crippen LogP contribution in [-0.2, 0) is 13.1 Å². The lowest BCUT2D eigenvalue weighted by Gasteiger charge is -2.12. The van der Waals surface area contributed by atoms with Gasteiger partial charge in [0.15, 0.2) is 11.5 Å². The van der Waals surface area contributed by atoms with Gasteiger partial charge in [-0.05, 0) is 35.4 Å². The van der Waals surface area contributed by atoms with E-state index >= 15 is 0 Å². The average Bonchev–Trinajstić information content (AvgIpc) is 2.49. The summed E-state index contributed by atoms with van der Waals surface area (Å²) in [4.78, 5) is 0. The predicted octanol–water partition coefficient (Wildman–Crippen LogP) is 4.35. The highest BCUT2D eigenvalue weighted by molar-refractivity contribution is 9.10. The van der Waals surface area contributed by atoms with Crippen molar-refractivity contribution < 1.29 is 18.3 Å². The second-order valence-corrected chi connectivity index (χ2v) is 5.51. The molecule has 0 fully saturated rings. The van der Waals surface area contributed by atoms with Crippen molar-refractivity contribution in [2.75, 3.05) is 7.11 Å². The Labute approximate surface area is 136 Å². The molecule has 2 rings (SSSR count). The van der Waals surface area contributed by atoms with E-state index in [0.29, 0.717) is 13.1 Å². The standard InChI is InChI=1S/C16H16BrF2NO2/c1-21-14-7-4-12(8-15(14)22-16(18)19)10-20-9-11-2-5-13(17)6-3-11/h2-8,16,20H,9-10H2,1H3. The molecule has 118 valence electrons. The zero-order chi connectivity index (χ0) is 15.9. The van der Waals surface area contributed by atoms with Gasteiger partial charge in [-0.25, -0.2) is 0 Å². The van der Waals surface area contributed by atoms with Gasteiger partial charge in [0.05, 0.1) is 7.11 Å². The first kappa shape index (κ1) is 16.7. The van der Waals surface area contributed by atoms with Gasteiger partial charge in [0.1, 0.15) is 0 Å². The summed E-state index contributed by atoms with van der Waals surface area (Å²) in [6.07, 6.45) is 0. The van der Waals surface area contributed by atoms with Gasteiger partial charge in [0.25, 0.3) is 0 Å². The molecule has 0 amide bonds. The van der Waals surface area contributed by atoms with E-state index < -0.39 is 6.61 Å². The molecule has 6 heteroatoms. The Balaban J connectivity index is 1.96. The van der Waals surface area contributed by atoms with Gasteiger partial charge in [-0.1, -0.05) is 34.1 Å². The number of nitrogens with one attached hydrogen (secondary N) is 1. The molecule has 0 aromatic heterocycles. The molecular formula is C16H16BrF2NO2. The lowest BCUT2D eigenvalue weighted by molar-refractivity contribution is -0.0512. The van der Waals surface area contributed by atoms with Crippen LogP contribution < -0.4 is 14.8 Å². The van der Waals surface area contributed by atoms with Crippen molar-refractivity contribution in [3.8, 4) is 11.5 Å². The van der Waals surface area contributed by atoms with Gasteiger partial charge >= 0.3 is 6.61 Å². The number of rotatable bonds is 7. The summed E-state index contributed by atoms with van der Waals surface area (Å²) in [6.45, 7) is -1.65. The monoisotopic (exact) mass is 371 g/mol. The van der Waals surface area contributed by atoms with Crippen molar-refractivity contribution in [3.05, 3.63) is 58.1 Å². The molecule has 22 heavy (non-hydrogen) atoms. The van der Waals surface area contributed by atoms with Crippen molar-refractivity contribution in [1.82, 2.24) is 5.32 Å². The summed E-state index contributed by atoms with van der Waals surface area (Å²) in [5.74, 6) is 0.331. The first-order valence-corrected chi connectivity index (χ1v) is 7.44. The average molecular weight is 372 g/mol. The predicted molar refractivity (Wildman–Crippen MR) is 84.3 cm³/mol. The fourth-order valence-corrected chi connectivity index (χ4v) is 2.24. The summed E-state index contributed by atoms with van der Waals surface area (Å²) in [7, 11) is 1.42. The molecule has 0 aliphatic heterocycles. The van der Waals surface area contributed by atoms with Gasteiger partial charge in [-0.15, -0.1) is 0 Å². The van der Waals surface area contributed by atoms with E-state index in [1.165, 1.54) is 7.11 Å². The van der Waals surface area contributed by atoms with Crippen molar-refractivity contribution >= 4 is 15.9 Å². The molecule has 0 spiro atoms. The van der Waals surface area contributed by atoms with E-state index in [9.17, 15) is 8.78 Å². The van der Waals surface area contributed by atoms with Crippen LogP contribution in [0.4, 0.5) is 8.78 Å². The lowest BCUT2D eigenvalue weighted by Crippen LogP contribution is -2.13. The van der Waals surface area contributed by atoms with E-state index in [1.54, 1.807) is 12.1 Å². The number of methoxy groups -OCH3 is 1. The Morgan fingerprint density at radius 3 is 2.27 bits per heavy atom. The third-order valence-electron chi connectivity index (χ3n) is 3.02. The Bertz CT molecular complexity index is 606. The molecule has 0 radical (unpaired) electrons. The maximum atomic E-state index is 12.4. The molecule has 0 unspecified atom stereocenters. The second-order valence-electron chi connectivity index (χ2n) is 4.59. The van der Waals surface area contributed by atoms with Crippen molar-refractivity contribution in [3.63, 3.8) is 0 Å². The van der Waals surface area contributed by atoms with Crippen molar-refractivity contribution in [2.45, 2.75) is 19.7 Å². The SMILES string of the molecule is COc1ccc(CNCc2ccc(Br)cc2)cc1OC(F)F. The number of benzene rings is 2. The third-order valence-corrected chi connectivity index (χ3v) is 3.54. The highest BCUT2D eigenvalue weighted by atomic mass is 79.9. The Kier molecular flexibility index (Phi) is 6.15. The fourth-order valence-electron chi connectivity index (χ4n) is 1.97. The van der Waals surface area contributed by atoms with Crippen LogP contribution in [0.5, 0.6) is 11.5 Å². The van der Waals surface area contributed by atoms with Gasteiger partial charge in [0.2, 0.25) is 0 Å². The van der Waals surface area contributed by atoms with Gasteiger partial charge in [-0.2, -0.15) is 8.78 Å². The van der Waals surface area contributed by atoms with E-state index in [4.69, 9.17) is 4.74 Å². The summed E-state index contributed by atoms with van der Waals surface area (Å²) in [5, 5.41) is 3.26. The van der Waals surface area contributed by atoms with Crippen LogP contribution in [0.15, 0.2) is 46.9 Å². The molecule has 0 bridgehead atoms. The smallest absolute Gasteiger partial charge is 0.387 e. The number of halogens is 3. The van der Waals surface area contributed by atoms with Crippen LogP contribution in [0, 0.1) is 0 Å². The van der Waals surface area contributed by atoms with Crippen LogP contribution in [-0.4, -0.2) is 13.7 Å². The van der Waals surface area contributed by atoms with E-state index in [1.807, 2.05) is 30.3 Å². The maximum absolute atomic E-state index is 12.4. The molecule has 3 nitrogen and oxygen atoms in total. The number of alkyl halides is 2. The number of ether oxygens (including phenoxy) is 2. The molecular weight excluding hydrogens is 356 g/mol. The normalized spacial score (nSPS) is 10.8. The maximum Gasteiger partial charge on any atom is 0.387 e. The molecule has 0 saturated carbocycles. The summed E-state index contributed by atoms with van der Waals surface area (Å²) < 4.78 is 35.2. The van der Waals surface area contributed by atoms with Gasteiger partial charge in [-0.3, -0.25) is 0 Å². The molecule has 0 saturated heterocycles. The Morgan fingerprint density at radius 1 is 1.00 bits per heavy atom. The van der Waals surface area contributed by atoms with Crippen LogP contribution in [0.1, 0.15) is 11.1 Å². The molecule has 2 aromatic carbocycles. The third kappa shape index (κ3) is 4.96. The minimum absolute atomic E-state index is 0.0421. The minimum atomic E-state index is -2.88. The first-order valence-electron chi connectivity index (χ1n) is 6.65. The minimum Gasteiger partial charge on any atom is -0.493 e.